The number of likely N-dealkylation sites (tertiary alicyclic amines) is 1. The maximum atomic E-state index is 13.1. The topological polar surface area (TPSA) is 65.6 Å². The zero-order valence-corrected chi connectivity index (χ0v) is 22.2. The standard InChI is InChI=1S/C27H44N4O4/c1-22(2)29-18-15-28(16-19-29)17-20-31(26(33)35-27(3,4)5)24-11-13-30(14-12-24)25(32)34-21-23-9-7-6-8-10-23/h6-10,22,24H,11-21H2,1-5H3. The summed E-state index contributed by atoms with van der Waals surface area (Å²) >= 11 is 0. The lowest BCUT2D eigenvalue weighted by molar-refractivity contribution is 0.00381. The monoisotopic (exact) mass is 488 g/mol. The molecule has 1 aromatic rings. The van der Waals surface area contributed by atoms with E-state index in [-0.39, 0.29) is 24.8 Å². The normalized spacial score (nSPS) is 18.5. The second kappa shape index (κ2) is 12.6. The highest BCUT2D eigenvalue weighted by Gasteiger charge is 2.33. The quantitative estimate of drug-likeness (QED) is 0.577. The van der Waals surface area contributed by atoms with Crippen molar-refractivity contribution in [2.75, 3.05) is 52.4 Å². The van der Waals surface area contributed by atoms with Crippen molar-refractivity contribution in [2.45, 2.75) is 71.8 Å². The van der Waals surface area contributed by atoms with Crippen molar-refractivity contribution in [2.24, 2.45) is 0 Å². The minimum atomic E-state index is -0.541. The highest BCUT2D eigenvalue weighted by molar-refractivity contribution is 5.69. The van der Waals surface area contributed by atoms with E-state index in [1.807, 2.05) is 56.0 Å². The van der Waals surface area contributed by atoms with E-state index in [1.165, 1.54) is 0 Å². The van der Waals surface area contributed by atoms with Gasteiger partial charge in [0.2, 0.25) is 0 Å². The number of piperazine rings is 1. The van der Waals surface area contributed by atoms with E-state index in [2.05, 4.69) is 23.6 Å². The van der Waals surface area contributed by atoms with Crippen LogP contribution in [0.25, 0.3) is 0 Å². The number of piperidine rings is 1. The number of nitrogens with zero attached hydrogens (tertiary/aromatic N) is 4. The van der Waals surface area contributed by atoms with E-state index in [0.717, 1.165) is 51.1 Å². The van der Waals surface area contributed by atoms with Crippen molar-refractivity contribution in [1.82, 2.24) is 19.6 Å². The van der Waals surface area contributed by atoms with Gasteiger partial charge >= 0.3 is 12.2 Å². The number of ether oxygens (including phenoxy) is 2. The molecule has 1 aromatic carbocycles. The zero-order chi connectivity index (χ0) is 25.4. The van der Waals surface area contributed by atoms with E-state index in [4.69, 9.17) is 9.47 Å². The minimum absolute atomic E-state index is 0.0555. The Kier molecular flexibility index (Phi) is 9.80. The first-order valence-corrected chi connectivity index (χ1v) is 13.0. The Morgan fingerprint density at radius 2 is 1.63 bits per heavy atom. The lowest BCUT2D eigenvalue weighted by Gasteiger charge is -2.41. The highest BCUT2D eigenvalue weighted by Crippen LogP contribution is 2.21. The van der Waals surface area contributed by atoms with Gasteiger partial charge in [-0.2, -0.15) is 0 Å². The molecule has 0 spiro atoms. The molecule has 0 saturated carbocycles. The summed E-state index contributed by atoms with van der Waals surface area (Å²) in [5.74, 6) is 0. The largest absolute Gasteiger partial charge is 0.445 e. The number of benzene rings is 1. The predicted octanol–water partition coefficient (Wildman–Crippen LogP) is 4.05. The first-order valence-electron chi connectivity index (χ1n) is 13.0. The van der Waals surface area contributed by atoms with Gasteiger partial charge in [-0.1, -0.05) is 30.3 Å². The number of amides is 2. The van der Waals surface area contributed by atoms with Crippen molar-refractivity contribution < 1.29 is 19.1 Å². The molecule has 35 heavy (non-hydrogen) atoms. The van der Waals surface area contributed by atoms with Gasteiger partial charge < -0.3 is 19.3 Å². The molecule has 0 aromatic heterocycles. The Morgan fingerprint density at radius 1 is 1.00 bits per heavy atom. The fourth-order valence-electron chi connectivity index (χ4n) is 4.67. The van der Waals surface area contributed by atoms with Crippen LogP contribution >= 0.6 is 0 Å². The Labute approximate surface area is 211 Å². The number of carbonyl (C=O) groups excluding carboxylic acids is 2. The average Bonchev–Trinajstić information content (AvgIpc) is 2.83. The number of hydrogen-bond donors (Lipinski definition) is 0. The third kappa shape index (κ3) is 8.69. The summed E-state index contributed by atoms with van der Waals surface area (Å²) in [6, 6.07) is 10.3. The van der Waals surface area contributed by atoms with Crippen LogP contribution in [0.3, 0.4) is 0 Å². The Balaban J connectivity index is 1.52. The van der Waals surface area contributed by atoms with Crippen molar-refractivity contribution >= 4 is 12.2 Å². The molecule has 2 amide bonds. The van der Waals surface area contributed by atoms with Gasteiger partial charge in [0, 0.05) is 64.4 Å². The first-order chi connectivity index (χ1) is 16.6. The lowest BCUT2D eigenvalue weighted by atomic mass is 10.0. The first kappa shape index (κ1) is 27.3. The number of carbonyl (C=O) groups is 2. The van der Waals surface area contributed by atoms with Gasteiger partial charge in [-0.3, -0.25) is 9.80 Å². The smallest absolute Gasteiger partial charge is 0.410 e. The summed E-state index contributed by atoms with van der Waals surface area (Å²) < 4.78 is 11.3. The molecule has 0 radical (unpaired) electrons. The van der Waals surface area contributed by atoms with Crippen LogP contribution < -0.4 is 0 Å². The number of rotatable bonds is 7. The Bertz CT molecular complexity index is 795. The summed E-state index contributed by atoms with van der Waals surface area (Å²) in [5.41, 5.74) is 0.432. The van der Waals surface area contributed by atoms with Crippen molar-refractivity contribution in [1.29, 1.82) is 0 Å². The summed E-state index contributed by atoms with van der Waals surface area (Å²) in [6.07, 6.45) is 0.893. The molecule has 2 saturated heterocycles. The second-order valence-corrected chi connectivity index (χ2v) is 10.9. The van der Waals surface area contributed by atoms with Gasteiger partial charge in [-0.05, 0) is 53.0 Å². The lowest BCUT2D eigenvalue weighted by Crippen LogP contribution is -2.54. The predicted molar refractivity (Wildman–Crippen MR) is 137 cm³/mol. The molecule has 3 rings (SSSR count). The molecule has 196 valence electrons. The molecule has 0 aliphatic carbocycles. The van der Waals surface area contributed by atoms with Crippen LogP contribution in [0.5, 0.6) is 0 Å². The molecular formula is C27H44N4O4. The van der Waals surface area contributed by atoms with Crippen LogP contribution in [0, 0.1) is 0 Å². The SMILES string of the molecule is CC(C)N1CCN(CCN(C(=O)OC(C)(C)C)C2CCN(C(=O)OCc3ccccc3)CC2)CC1. The summed E-state index contributed by atoms with van der Waals surface area (Å²) in [7, 11) is 0. The van der Waals surface area contributed by atoms with Gasteiger partial charge in [0.25, 0.3) is 0 Å². The van der Waals surface area contributed by atoms with Crippen molar-refractivity contribution in [3.05, 3.63) is 35.9 Å². The molecule has 2 fully saturated rings. The fourth-order valence-corrected chi connectivity index (χ4v) is 4.67. The summed E-state index contributed by atoms with van der Waals surface area (Å²) in [4.78, 5) is 34.3. The number of hydrogen-bond acceptors (Lipinski definition) is 6. The summed E-state index contributed by atoms with van der Waals surface area (Å²) in [6.45, 7) is 17.2. The molecule has 2 heterocycles. The molecule has 0 unspecified atom stereocenters. The maximum absolute atomic E-state index is 13.1. The third-order valence-corrected chi connectivity index (χ3v) is 6.79. The van der Waals surface area contributed by atoms with Gasteiger partial charge in [0.1, 0.15) is 12.2 Å². The third-order valence-electron chi connectivity index (χ3n) is 6.79. The molecule has 2 aliphatic rings. The Hall–Kier alpha value is -2.32. The van der Waals surface area contributed by atoms with Crippen LogP contribution in [0.1, 0.15) is 53.0 Å². The van der Waals surface area contributed by atoms with Gasteiger partial charge in [-0.15, -0.1) is 0 Å². The van der Waals surface area contributed by atoms with Gasteiger partial charge in [0.15, 0.2) is 0 Å². The van der Waals surface area contributed by atoms with Crippen LogP contribution in [-0.4, -0.2) is 102 Å². The van der Waals surface area contributed by atoms with E-state index >= 15 is 0 Å². The van der Waals surface area contributed by atoms with Crippen molar-refractivity contribution in [3.8, 4) is 0 Å². The second-order valence-electron chi connectivity index (χ2n) is 10.9. The van der Waals surface area contributed by atoms with E-state index in [0.29, 0.717) is 25.7 Å². The zero-order valence-electron chi connectivity index (χ0n) is 22.2. The van der Waals surface area contributed by atoms with E-state index < -0.39 is 5.60 Å². The van der Waals surface area contributed by atoms with Crippen LogP contribution in [0.4, 0.5) is 9.59 Å². The van der Waals surface area contributed by atoms with Gasteiger partial charge in [0.05, 0.1) is 0 Å². The maximum Gasteiger partial charge on any atom is 0.410 e. The van der Waals surface area contributed by atoms with E-state index in [1.54, 1.807) is 4.90 Å². The average molecular weight is 489 g/mol. The molecule has 8 heteroatoms. The van der Waals surface area contributed by atoms with Gasteiger partial charge in [-0.25, -0.2) is 9.59 Å². The van der Waals surface area contributed by atoms with E-state index in [9.17, 15) is 9.59 Å². The molecule has 2 aliphatic heterocycles. The van der Waals surface area contributed by atoms with Crippen molar-refractivity contribution in [3.63, 3.8) is 0 Å². The Morgan fingerprint density at radius 3 is 2.20 bits per heavy atom. The minimum Gasteiger partial charge on any atom is -0.445 e. The fraction of sp³-hybridized carbons (Fsp3) is 0.704. The van der Waals surface area contributed by atoms with Crippen LogP contribution in [0.15, 0.2) is 30.3 Å². The highest BCUT2D eigenvalue weighted by atomic mass is 16.6. The molecule has 0 bridgehead atoms. The molecule has 0 atom stereocenters. The molecule has 8 nitrogen and oxygen atoms in total. The molecule has 0 N–H and O–H groups in total. The summed E-state index contributed by atoms with van der Waals surface area (Å²) in [5, 5.41) is 0. The van der Waals surface area contributed by atoms with Crippen LogP contribution in [-0.2, 0) is 16.1 Å². The van der Waals surface area contributed by atoms with Crippen LogP contribution in [0.2, 0.25) is 0 Å². The molecular weight excluding hydrogens is 444 g/mol.